The summed E-state index contributed by atoms with van der Waals surface area (Å²) in [6.07, 6.45) is 1.48. The van der Waals surface area contributed by atoms with E-state index < -0.39 is 5.82 Å². The Kier molecular flexibility index (Phi) is 3.36. The van der Waals surface area contributed by atoms with Crippen LogP contribution in [0.4, 0.5) is 16.2 Å². The smallest absolute Gasteiger partial charge is 0.224 e. The predicted octanol–water partition coefficient (Wildman–Crippen LogP) is -0.0163. The number of anilines is 2. The molecule has 6 nitrogen and oxygen atoms in total. The number of amides is 1. The van der Waals surface area contributed by atoms with Gasteiger partial charge in [-0.1, -0.05) is 0 Å². The number of nitrogens with one attached hydrogen (secondary N) is 2. The average molecular weight is 239 g/mol. The van der Waals surface area contributed by atoms with Gasteiger partial charge in [-0.15, -0.1) is 0 Å². The van der Waals surface area contributed by atoms with Crippen LogP contribution >= 0.6 is 0 Å². The minimum absolute atomic E-state index is 0.0178. The summed E-state index contributed by atoms with van der Waals surface area (Å²) >= 11 is 0. The number of hydrogen-bond acceptors (Lipinski definition) is 5. The number of carbonyl (C=O) groups excluding carboxylic acids is 1. The van der Waals surface area contributed by atoms with Gasteiger partial charge in [-0.05, 0) is 0 Å². The van der Waals surface area contributed by atoms with Gasteiger partial charge in [-0.3, -0.25) is 4.79 Å². The van der Waals surface area contributed by atoms with Gasteiger partial charge in [-0.25, -0.2) is 9.37 Å². The van der Waals surface area contributed by atoms with Crippen molar-refractivity contribution >= 4 is 17.7 Å². The first-order valence-electron chi connectivity index (χ1n) is 5.42. The first-order chi connectivity index (χ1) is 8.20. The highest BCUT2D eigenvalue weighted by molar-refractivity contribution is 5.77. The van der Waals surface area contributed by atoms with E-state index in [2.05, 4.69) is 20.6 Å². The Bertz CT molecular complexity index is 425. The quantitative estimate of drug-likeness (QED) is 0.759. The van der Waals surface area contributed by atoms with Crippen LogP contribution in [0.25, 0.3) is 0 Å². The zero-order valence-corrected chi connectivity index (χ0v) is 9.53. The standard InChI is InChI=1S/C10H14FN5O/c1-12-10-14-6-7(11)9(15-10)16-4-2-8(17)13-3-5-16/h6H,2-5H2,1H3,(H,13,17)(H,12,14,15). The second kappa shape index (κ2) is 4.94. The Morgan fingerprint density at radius 1 is 1.53 bits per heavy atom. The van der Waals surface area contributed by atoms with Crippen LogP contribution in [0.15, 0.2) is 6.20 Å². The second-order valence-corrected chi connectivity index (χ2v) is 3.70. The van der Waals surface area contributed by atoms with Crippen LogP contribution in [-0.2, 0) is 4.79 Å². The third kappa shape index (κ3) is 2.61. The van der Waals surface area contributed by atoms with E-state index in [4.69, 9.17) is 0 Å². The van der Waals surface area contributed by atoms with Crippen LogP contribution in [0, 0.1) is 5.82 Å². The van der Waals surface area contributed by atoms with E-state index in [0.717, 1.165) is 6.20 Å². The van der Waals surface area contributed by atoms with Crippen molar-refractivity contribution in [3.63, 3.8) is 0 Å². The van der Waals surface area contributed by atoms with Crippen LogP contribution < -0.4 is 15.5 Å². The van der Waals surface area contributed by atoms with Gasteiger partial charge in [0.15, 0.2) is 11.6 Å². The molecule has 1 saturated heterocycles. The number of rotatable bonds is 2. The van der Waals surface area contributed by atoms with Gasteiger partial charge in [0.05, 0.1) is 6.20 Å². The van der Waals surface area contributed by atoms with Crippen molar-refractivity contribution in [1.29, 1.82) is 0 Å². The monoisotopic (exact) mass is 239 g/mol. The number of halogens is 1. The lowest BCUT2D eigenvalue weighted by molar-refractivity contribution is -0.120. The number of nitrogens with zero attached hydrogens (tertiary/aromatic N) is 3. The molecule has 0 bridgehead atoms. The van der Waals surface area contributed by atoms with Crippen molar-refractivity contribution in [2.24, 2.45) is 0 Å². The Balaban J connectivity index is 2.22. The normalized spacial score (nSPS) is 16.4. The van der Waals surface area contributed by atoms with Crippen LogP contribution in [0.1, 0.15) is 6.42 Å². The molecule has 92 valence electrons. The van der Waals surface area contributed by atoms with Crippen LogP contribution in [0.3, 0.4) is 0 Å². The van der Waals surface area contributed by atoms with E-state index in [1.54, 1.807) is 11.9 Å². The van der Waals surface area contributed by atoms with Crippen molar-refractivity contribution in [2.45, 2.75) is 6.42 Å². The molecular formula is C10H14FN5O. The molecule has 0 atom stereocenters. The number of aromatic nitrogens is 2. The second-order valence-electron chi connectivity index (χ2n) is 3.70. The minimum atomic E-state index is -0.474. The average Bonchev–Trinajstić information content (AvgIpc) is 2.55. The predicted molar refractivity (Wildman–Crippen MR) is 61.4 cm³/mol. The summed E-state index contributed by atoms with van der Waals surface area (Å²) in [4.78, 5) is 20.8. The first kappa shape index (κ1) is 11.6. The maximum Gasteiger partial charge on any atom is 0.224 e. The topological polar surface area (TPSA) is 70.2 Å². The minimum Gasteiger partial charge on any atom is -0.357 e. The zero-order valence-electron chi connectivity index (χ0n) is 9.53. The van der Waals surface area contributed by atoms with Gasteiger partial charge in [0.2, 0.25) is 11.9 Å². The summed E-state index contributed by atoms with van der Waals surface area (Å²) in [5.41, 5.74) is 0. The largest absolute Gasteiger partial charge is 0.357 e. The number of hydrogen-bond donors (Lipinski definition) is 2. The molecule has 1 aromatic rings. The van der Waals surface area contributed by atoms with Crippen LogP contribution in [0.5, 0.6) is 0 Å². The Labute approximate surface area is 98.2 Å². The molecule has 17 heavy (non-hydrogen) atoms. The van der Waals surface area contributed by atoms with Gasteiger partial charge < -0.3 is 15.5 Å². The fourth-order valence-corrected chi connectivity index (χ4v) is 1.68. The lowest BCUT2D eigenvalue weighted by atomic mass is 10.3. The summed E-state index contributed by atoms with van der Waals surface area (Å²) in [5.74, 6) is 0.111. The maximum absolute atomic E-state index is 13.6. The van der Waals surface area contributed by atoms with E-state index in [9.17, 15) is 9.18 Å². The van der Waals surface area contributed by atoms with E-state index in [-0.39, 0.29) is 11.7 Å². The van der Waals surface area contributed by atoms with Gasteiger partial charge in [-0.2, -0.15) is 4.98 Å². The molecule has 1 amide bonds. The van der Waals surface area contributed by atoms with E-state index in [0.29, 0.717) is 32.0 Å². The summed E-state index contributed by atoms with van der Waals surface area (Å²) in [7, 11) is 1.67. The molecule has 2 rings (SSSR count). The molecule has 1 aliphatic rings. The Hall–Kier alpha value is -1.92. The summed E-state index contributed by atoms with van der Waals surface area (Å²) < 4.78 is 13.6. The molecule has 2 heterocycles. The van der Waals surface area contributed by atoms with Crippen molar-refractivity contribution in [3.05, 3.63) is 12.0 Å². The molecule has 0 unspecified atom stereocenters. The Morgan fingerprint density at radius 3 is 3.12 bits per heavy atom. The highest BCUT2D eigenvalue weighted by atomic mass is 19.1. The lowest BCUT2D eigenvalue weighted by Gasteiger charge is -2.21. The molecule has 7 heteroatoms. The fourth-order valence-electron chi connectivity index (χ4n) is 1.68. The summed E-state index contributed by atoms with van der Waals surface area (Å²) in [6.45, 7) is 1.50. The third-order valence-corrected chi connectivity index (χ3v) is 2.56. The first-order valence-corrected chi connectivity index (χ1v) is 5.42. The molecule has 0 saturated carbocycles. The highest BCUT2D eigenvalue weighted by Crippen LogP contribution is 2.17. The van der Waals surface area contributed by atoms with Crippen molar-refractivity contribution in [2.75, 3.05) is 36.9 Å². The maximum atomic E-state index is 13.6. The molecule has 0 aliphatic carbocycles. The van der Waals surface area contributed by atoms with E-state index >= 15 is 0 Å². The van der Waals surface area contributed by atoms with Crippen LogP contribution in [-0.4, -0.2) is 42.6 Å². The fraction of sp³-hybridized carbons (Fsp3) is 0.500. The molecule has 0 radical (unpaired) electrons. The molecule has 1 aliphatic heterocycles. The van der Waals surface area contributed by atoms with E-state index in [1.807, 2.05) is 0 Å². The molecule has 1 aromatic heterocycles. The van der Waals surface area contributed by atoms with E-state index in [1.165, 1.54) is 0 Å². The van der Waals surface area contributed by atoms with Gasteiger partial charge >= 0.3 is 0 Å². The summed E-state index contributed by atoms with van der Waals surface area (Å²) in [6, 6.07) is 0. The molecule has 1 fully saturated rings. The third-order valence-electron chi connectivity index (χ3n) is 2.56. The van der Waals surface area contributed by atoms with Crippen LogP contribution in [0.2, 0.25) is 0 Å². The zero-order chi connectivity index (χ0) is 12.3. The molecule has 2 N–H and O–H groups in total. The SMILES string of the molecule is CNc1ncc(F)c(N2CCNC(=O)CC2)n1. The molecule has 0 aromatic carbocycles. The van der Waals surface area contributed by atoms with Crippen molar-refractivity contribution in [1.82, 2.24) is 15.3 Å². The molecular weight excluding hydrogens is 225 g/mol. The van der Waals surface area contributed by atoms with Gasteiger partial charge in [0.1, 0.15) is 0 Å². The summed E-state index contributed by atoms with van der Waals surface area (Å²) in [5, 5.41) is 5.49. The van der Waals surface area contributed by atoms with Crippen molar-refractivity contribution < 1.29 is 9.18 Å². The lowest BCUT2D eigenvalue weighted by Crippen LogP contribution is -2.30. The molecule has 0 spiro atoms. The van der Waals surface area contributed by atoms with Gasteiger partial charge in [0.25, 0.3) is 0 Å². The van der Waals surface area contributed by atoms with Gasteiger partial charge in [0, 0.05) is 33.1 Å². The van der Waals surface area contributed by atoms with Crippen molar-refractivity contribution in [3.8, 4) is 0 Å². The number of carbonyl (C=O) groups is 1. The highest BCUT2D eigenvalue weighted by Gasteiger charge is 2.18. The Morgan fingerprint density at radius 2 is 2.35 bits per heavy atom.